The highest BCUT2D eigenvalue weighted by Gasteiger charge is 2.14. The van der Waals surface area contributed by atoms with Gasteiger partial charge in [-0.05, 0) is 12.5 Å². The number of ether oxygens (including phenoxy) is 2. The van der Waals surface area contributed by atoms with Crippen LogP contribution in [0.3, 0.4) is 0 Å². The van der Waals surface area contributed by atoms with E-state index in [4.69, 9.17) is 15.2 Å². The lowest BCUT2D eigenvalue weighted by molar-refractivity contribution is -0.120. The second-order valence-electron chi connectivity index (χ2n) is 6.52. The largest absolute Gasteiger partial charge is 0.492 e. The van der Waals surface area contributed by atoms with Crippen LogP contribution in [-0.4, -0.2) is 45.5 Å². The van der Waals surface area contributed by atoms with Crippen molar-refractivity contribution in [3.63, 3.8) is 0 Å². The summed E-state index contributed by atoms with van der Waals surface area (Å²) < 4.78 is 10.4. The van der Waals surface area contributed by atoms with Gasteiger partial charge in [-0.25, -0.2) is 15.0 Å². The molecule has 0 aliphatic carbocycles. The lowest BCUT2D eigenvalue weighted by atomic mass is 10.1. The number of nitrogens with one attached hydrogen (secondary N) is 1. The summed E-state index contributed by atoms with van der Waals surface area (Å²) in [7, 11) is 0. The molecule has 0 radical (unpaired) electrons. The Morgan fingerprint density at radius 3 is 2.94 bits per heavy atom. The van der Waals surface area contributed by atoms with E-state index in [-0.39, 0.29) is 17.9 Å². The summed E-state index contributed by atoms with van der Waals surface area (Å²) in [4.78, 5) is 39.7. The molecule has 10 nitrogen and oxygen atoms in total. The minimum atomic E-state index is -0.798. The number of hydrogen-bond acceptors (Lipinski definition) is 10. The van der Waals surface area contributed by atoms with E-state index in [0.717, 1.165) is 27.2 Å². The molecule has 162 valence electrons. The molecule has 0 bridgehead atoms. The molecule has 0 aromatic carbocycles. The molecule has 0 unspecified atom stereocenters. The quantitative estimate of drug-likeness (QED) is 0.275. The van der Waals surface area contributed by atoms with Gasteiger partial charge in [0.05, 0.1) is 18.2 Å². The van der Waals surface area contributed by atoms with Gasteiger partial charge in [0, 0.05) is 41.5 Å². The first-order chi connectivity index (χ1) is 15.7. The second kappa shape index (κ2) is 9.79. The van der Waals surface area contributed by atoms with Gasteiger partial charge in [0.2, 0.25) is 0 Å². The summed E-state index contributed by atoms with van der Waals surface area (Å²) in [6.45, 7) is 1.15. The molecule has 1 amide bonds. The lowest BCUT2D eigenvalue weighted by Crippen LogP contribution is -2.15. The van der Waals surface area contributed by atoms with Crippen LogP contribution in [-0.2, 0) is 4.79 Å². The monoisotopic (exact) mass is 450 g/mol. The van der Waals surface area contributed by atoms with Crippen LogP contribution in [0.2, 0.25) is 0 Å². The Balaban J connectivity index is 1.39. The molecule has 0 atom stereocenters. The molecule has 0 saturated heterocycles. The molecule has 0 saturated carbocycles. The Hall–Kier alpha value is -4.12. The van der Waals surface area contributed by atoms with E-state index in [1.807, 2.05) is 23.7 Å². The summed E-state index contributed by atoms with van der Waals surface area (Å²) in [5, 5.41) is 6.33. The van der Waals surface area contributed by atoms with E-state index in [1.54, 1.807) is 17.5 Å². The molecule has 32 heavy (non-hydrogen) atoms. The summed E-state index contributed by atoms with van der Waals surface area (Å²) in [5.74, 6) is 0.247. The number of rotatable bonds is 10. The van der Waals surface area contributed by atoms with Crippen molar-refractivity contribution in [1.29, 1.82) is 0 Å². The van der Waals surface area contributed by atoms with Crippen LogP contribution in [0.4, 0.5) is 5.82 Å². The summed E-state index contributed by atoms with van der Waals surface area (Å²) in [6, 6.07) is 5.29. The number of thiophene rings is 1. The van der Waals surface area contributed by atoms with Crippen molar-refractivity contribution in [3.8, 4) is 22.6 Å². The first kappa shape index (κ1) is 21.1. The predicted molar refractivity (Wildman–Crippen MR) is 119 cm³/mol. The van der Waals surface area contributed by atoms with Crippen molar-refractivity contribution in [2.45, 2.75) is 6.42 Å². The number of fused-ring (bicyclic) bond motifs is 1. The Bertz CT molecular complexity index is 1250. The molecule has 4 rings (SSSR count). The SMILES string of the molecule is NC(=O)c1ncc(OCCCNc2ncnc3scc(-c4cccnc4)c23)cc1OC=O. The van der Waals surface area contributed by atoms with Crippen molar-refractivity contribution >= 4 is 39.8 Å². The van der Waals surface area contributed by atoms with Crippen molar-refractivity contribution in [1.82, 2.24) is 19.9 Å². The highest BCUT2D eigenvalue weighted by atomic mass is 32.1. The van der Waals surface area contributed by atoms with Gasteiger partial charge in [0.15, 0.2) is 11.4 Å². The van der Waals surface area contributed by atoms with Crippen molar-refractivity contribution < 1.29 is 19.1 Å². The number of aromatic nitrogens is 4. The van der Waals surface area contributed by atoms with Gasteiger partial charge in [-0.15, -0.1) is 11.3 Å². The van der Waals surface area contributed by atoms with E-state index in [9.17, 15) is 9.59 Å². The molecular weight excluding hydrogens is 432 g/mol. The normalized spacial score (nSPS) is 10.6. The Kier molecular flexibility index (Phi) is 6.46. The molecule has 4 aromatic heterocycles. The van der Waals surface area contributed by atoms with Gasteiger partial charge in [-0.1, -0.05) is 6.07 Å². The molecule has 0 aliphatic rings. The van der Waals surface area contributed by atoms with E-state index < -0.39 is 5.91 Å². The highest BCUT2D eigenvalue weighted by Crippen LogP contribution is 2.36. The number of carbonyl (C=O) groups is 2. The Morgan fingerprint density at radius 2 is 2.16 bits per heavy atom. The number of carbonyl (C=O) groups excluding carboxylic acids is 2. The first-order valence-corrected chi connectivity index (χ1v) is 10.4. The van der Waals surface area contributed by atoms with Crippen molar-refractivity contribution in [2.75, 3.05) is 18.5 Å². The minimum Gasteiger partial charge on any atom is -0.492 e. The van der Waals surface area contributed by atoms with Crippen LogP contribution in [0.5, 0.6) is 11.5 Å². The van der Waals surface area contributed by atoms with Crippen LogP contribution in [0.15, 0.2) is 48.5 Å². The number of anilines is 1. The molecule has 4 aromatic rings. The summed E-state index contributed by atoms with van der Waals surface area (Å²) in [5.41, 5.74) is 7.10. The van der Waals surface area contributed by atoms with Crippen molar-refractivity contribution in [3.05, 3.63) is 54.2 Å². The second-order valence-corrected chi connectivity index (χ2v) is 7.38. The molecule has 11 heteroatoms. The molecule has 0 spiro atoms. The third-order valence-electron chi connectivity index (χ3n) is 4.46. The van der Waals surface area contributed by atoms with Gasteiger partial charge < -0.3 is 20.5 Å². The number of hydrogen-bond donors (Lipinski definition) is 2. The molecule has 3 N–H and O–H groups in total. The Morgan fingerprint density at radius 1 is 1.25 bits per heavy atom. The zero-order valence-corrected chi connectivity index (χ0v) is 17.5. The van der Waals surface area contributed by atoms with Gasteiger partial charge >= 0.3 is 0 Å². The summed E-state index contributed by atoms with van der Waals surface area (Å²) in [6.07, 6.45) is 7.08. The fourth-order valence-corrected chi connectivity index (χ4v) is 3.96. The fraction of sp³-hybridized carbons (Fsp3) is 0.143. The minimum absolute atomic E-state index is 0.0492. The third-order valence-corrected chi connectivity index (χ3v) is 5.35. The molecule has 0 aliphatic heterocycles. The smallest absolute Gasteiger partial charge is 0.298 e. The predicted octanol–water partition coefficient (Wildman–Crippen LogP) is 2.66. The van der Waals surface area contributed by atoms with Crippen LogP contribution in [0.1, 0.15) is 16.9 Å². The van der Waals surface area contributed by atoms with E-state index in [1.165, 1.54) is 18.6 Å². The zero-order chi connectivity index (χ0) is 22.3. The van der Waals surface area contributed by atoms with Gasteiger partial charge in [0.25, 0.3) is 12.4 Å². The maximum Gasteiger partial charge on any atom is 0.298 e. The van der Waals surface area contributed by atoms with Gasteiger partial charge in [-0.3, -0.25) is 14.6 Å². The zero-order valence-electron chi connectivity index (χ0n) is 16.7. The third kappa shape index (κ3) is 4.62. The highest BCUT2D eigenvalue weighted by molar-refractivity contribution is 7.17. The Labute approximate surface area is 186 Å². The standard InChI is InChI=1S/C21H18N6O4S/c22-19(29)18-16(31-12-28)7-14(9-25-18)30-6-2-5-24-20-17-15(13-3-1-4-23-8-13)10-32-21(17)27-11-26-20/h1,3-4,7-12H,2,5-6H2,(H2,22,29)(H,24,26,27). The van der Waals surface area contributed by atoms with Crippen LogP contribution < -0.4 is 20.5 Å². The molecular formula is C21H18N6O4S. The van der Waals surface area contributed by atoms with Crippen LogP contribution in [0.25, 0.3) is 21.3 Å². The number of nitrogens with zero attached hydrogens (tertiary/aromatic N) is 4. The van der Waals surface area contributed by atoms with E-state index in [2.05, 4.69) is 25.3 Å². The van der Waals surface area contributed by atoms with E-state index in [0.29, 0.717) is 25.3 Å². The average molecular weight is 450 g/mol. The number of primary amides is 1. The number of nitrogens with two attached hydrogens (primary N) is 1. The number of pyridine rings is 2. The van der Waals surface area contributed by atoms with E-state index >= 15 is 0 Å². The van der Waals surface area contributed by atoms with Crippen molar-refractivity contribution in [2.24, 2.45) is 5.73 Å². The fourth-order valence-electron chi connectivity index (χ4n) is 3.04. The number of amides is 1. The first-order valence-electron chi connectivity index (χ1n) is 9.57. The lowest BCUT2D eigenvalue weighted by Gasteiger charge is -2.10. The van der Waals surface area contributed by atoms with Crippen LogP contribution in [0, 0.1) is 0 Å². The molecule has 4 heterocycles. The molecule has 0 fully saturated rings. The maximum absolute atomic E-state index is 11.3. The van der Waals surface area contributed by atoms with Crippen LogP contribution >= 0.6 is 11.3 Å². The summed E-state index contributed by atoms with van der Waals surface area (Å²) >= 11 is 1.55. The maximum atomic E-state index is 11.3. The average Bonchev–Trinajstić information content (AvgIpc) is 3.25. The topological polar surface area (TPSA) is 142 Å². The van der Waals surface area contributed by atoms with Gasteiger partial charge in [-0.2, -0.15) is 0 Å². The van der Waals surface area contributed by atoms with Gasteiger partial charge in [0.1, 0.15) is 22.7 Å².